The molecule has 2 unspecified atom stereocenters. The van der Waals surface area contributed by atoms with Gasteiger partial charge in [-0.1, -0.05) is 6.92 Å². The third kappa shape index (κ3) is 2.62. The number of rotatable bonds is 4. The summed E-state index contributed by atoms with van der Waals surface area (Å²) in [5, 5.41) is 2.72. The molecule has 1 aliphatic rings. The minimum absolute atomic E-state index is 0.00998. The van der Waals surface area contributed by atoms with E-state index in [1.807, 2.05) is 24.6 Å². The average Bonchev–Trinajstić information content (AvgIpc) is 2.77. The monoisotopic (exact) mass is 264 g/mol. The van der Waals surface area contributed by atoms with Crippen LogP contribution >= 0.6 is 0 Å². The van der Waals surface area contributed by atoms with Crippen LogP contribution in [0, 0.1) is 6.92 Å². The first-order valence-corrected chi connectivity index (χ1v) is 6.63. The zero-order chi connectivity index (χ0) is 14.0. The topological polar surface area (TPSA) is 67.2 Å². The Kier molecular flexibility index (Phi) is 3.87. The number of hydrogen-bond acceptors (Lipinski definition) is 3. The lowest BCUT2D eigenvalue weighted by atomic mass is 10.1. The second-order valence-corrected chi connectivity index (χ2v) is 4.85. The van der Waals surface area contributed by atoms with Gasteiger partial charge in [0.05, 0.1) is 0 Å². The maximum Gasteiger partial charge on any atom is 0.245 e. The lowest BCUT2D eigenvalue weighted by molar-refractivity contribution is -0.149. The second-order valence-electron chi connectivity index (χ2n) is 4.85. The van der Waals surface area contributed by atoms with Crippen molar-refractivity contribution in [1.82, 2.24) is 19.8 Å². The Morgan fingerprint density at radius 1 is 1.37 bits per heavy atom. The molecule has 1 fully saturated rings. The van der Waals surface area contributed by atoms with Crippen LogP contribution in [0.25, 0.3) is 0 Å². The van der Waals surface area contributed by atoms with Gasteiger partial charge in [-0.25, -0.2) is 4.98 Å². The molecule has 0 aromatic carbocycles. The first-order valence-electron chi connectivity index (χ1n) is 6.63. The Hall–Kier alpha value is -1.85. The molecule has 0 saturated carbocycles. The maximum absolute atomic E-state index is 12.2. The molecule has 0 aliphatic carbocycles. The van der Waals surface area contributed by atoms with Gasteiger partial charge in [-0.05, 0) is 20.3 Å². The molecular weight excluding hydrogens is 244 g/mol. The first-order chi connectivity index (χ1) is 9.04. The number of piperazine rings is 1. The number of hydrogen-bond donors (Lipinski definition) is 1. The van der Waals surface area contributed by atoms with E-state index in [2.05, 4.69) is 10.3 Å². The van der Waals surface area contributed by atoms with E-state index in [0.717, 1.165) is 5.82 Å². The molecule has 6 heteroatoms. The van der Waals surface area contributed by atoms with Gasteiger partial charge >= 0.3 is 0 Å². The van der Waals surface area contributed by atoms with Crippen LogP contribution in [0.5, 0.6) is 0 Å². The predicted octanol–water partition coefficient (Wildman–Crippen LogP) is 0.317. The minimum Gasteiger partial charge on any atom is -0.343 e. The van der Waals surface area contributed by atoms with Crippen LogP contribution in [-0.4, -0.2) is 44.9 Å². The van der Waals surface area contributed by atoms with Gasteiger partial charge in [0.25, 0.3) is 0 Å². The van der Waals surface area contributed by atoms with Crippen molar-refractivity contribution in [2.45, 2.75) is 45.8 Å². The summed E-state index contributed by atoms with van der Waals surface area (Å²) in [6.07, 6.45) is 4.25. The van der Waals surface area contributed by atoms with Crippen LogP contribution < -0.4 is 5.32 Å². The number of carbonyl (C=O) groups excluding carboxylic acids is 2. The number of amides is 2. The minimum atomic E-state index is -0.431. The summed E-state index contributed by atoms with van der Waals surface area (Å²) >= 11 is 0. The third-order valence-electron chi connectivity index (χ3n) is 3.58. The highest BCUT2D eigenvalue weighted by atomic mass is 16.2. The van der Waals surface area contributed by atoms with Crippen molar-refractivity contribution in [3.63, 3.8) is 0 Å². The van der Waals surface area contributed by atoms with Crippen molar-refractivity contribution in [2.75, 3.05) is 6.54 Å². The summed E-state index contributed by atoms with van der Waals surface area (Å²) < 4.78 is 1.98. The summed E-state index contributed by atoms with van der Waals surface area (Å²) in [6.45, 7) is 6.76. The lowest BCUT2D eigenvalue weighted by Gasteiger charge is -2.37. The van der Waals surface area contributed by atoms with Crippen LogP contribution in [-0.2, 0) is 16.1 Å². The number of nitrogens with zero attached hydrogens (tertiary/aromatic N) is 3. The molecule has 2 amide bonds. The van der Waals surface area contributed by atoms with Crippen LogP contribution in [0.4, 0.5) is 0 Å². The molecule has 104 valence electrons. The highest BCUT2D eigenvalue weighted by molar-refractivity contribution is 5.96. The molecule has 6 nitrogen and oxygen atoms in total. The number of carbonyl (C=O) groups is 2. The van der Waals surface area contributed by atoms with Gasteiger partial charge < -0.3 is 14.8 Å². The van der Waals surface area contributed by atoms with Crippen LogP contribution in [0.15, 0.2) is 12.4 Å². The molecule has 0 radical (unpaired) electrons. The van der Waals surface area contributed by atoms with E-state index in [0.29, 0.717) is 19.5 Å². The van der Waals surface area contributed by atoms with Crippen LogP contribution in [0.3, 0.4) is 0 Å². The SMILES string of the molecule is CCC1C(=O)NC(C)C(=O)N1CCn1ccnc1C. The highest BCUT2D eigenvalue weighted by Crippen LogP contribution is 2.13. The number of aromatic nitrogens is 2. The molecule has 1 aliphatic heterocycles. The molecule has 19 heavy (non-hydrogen) atoms. The fourth-order valence-corrected chi connectivity index (χ4v) is 2.44. The summed E-state index contributed by atoms with van der Waals surface area (Å²) in [4.78, 5) is 29.9. The zero-order valence-corrected chi connectivity index (χ0v) is 11.6. The van der Waals surface area contributed by atoms with E-state index >= 15 is 0 Å². The van der Waals surface area contributed by atoms with E-state index in [-0.39, 0.29) is 17.9 Å². The summed E-state index contributed by atoms with van der Waals surface area (Å²) in [6, 6.07) is -0.785. The van der Waals surface area contributed by atoms with Crippen molar-refractivity contribution in [2.24, 2.45) is 0 Å². The van der Waals surface area contributed by atoms with Gasteiger partial charge in [-0.15, -0.1) is 0 Å². The van der Waals surface area contributed by atoms with E-state index in [9.17, 15) is 9.59 Å². The number of nitrogens with one attached hydrogen (secondary N) is 1. The van der Waals surface area contributed by atoms with Crippen molar-refractivity contribution in [3.05, 3.63) is 18.2 Å². The molecule has 2 rings (SSSR count). The van der Waals surface area contributed by atoms with E-state index < -0.39 is 6.04 Å². The second kappa shape index (κ2) is 5.42. The Bertz CT molecular complexity index is 483. The van der Waals surface area contributed by atoms with Crippen molar-refractivity contribution >= 4 is 11.8 Å². The number of aryl methyl sites for hydroxylation is 1. The summed E-state index contributed by atoms with van der Waals surface area (Å²) in [7, 11) is 0. The standard InChI is InChI=1S/C13H20N4O2/c1-4-11-12(18)15-9(2)13(19)17(11)8-7-16-6-5-14-10(16)3/h5-6,9,11H,4,7-8H2,1-3H3,(H,15,18). The fourth-order valence-electron chi connectivity index (χ4n) is 2.44. The predicted molar refractivity (Wildman–Crippen MR) is 70.4 cm³/mol. The van der Waals surface area contributed by atoms with Gasteiger partial charge in [-0.3, -0.25) is 9.59 Å². The van der Waals surface area contributed by atoms with E-state index in [4.69, 9.17) is 0 Å². The van der Waals surface area contributed by atoms with Gasteiger partial charge in [0, 0.05) is 25.5 Å². The molecule has 1 aromatic rings. The molecule has 0 bridgehead atoms. The van der Waals surface area contributed by atoms with E-state index in [1.165, 1.54) is 0 Å². The van der Waals surface area contributed by atoms with E-state index in [1.54, 1.807) is 18.0 Å². The van der Waals surface area contributed by atoms with Crippen molar-refractivity contribution in [3.8, 4) is 0 Å². The molecule has 0 spiro atoms. The van der Waals surface area contributed by atoms with Gasteiger partial charge in [0.15, 0.2) is 0 Å². The van der Waals surface area contributed by atoms with Crippen molar-refractivity contribution in [1.29, 1.82) is 0 Å². The zero-order valence-electron chi connectivity index (χ0n) is 11.6. The largest absolute Gasteiger partial charge is 0.343 e. The smallest absolute Gasteiger partial charge is 0.245 e. The quantitative estimate of drug-likeness (QED) is 0.851. The summed E-state index contributed by atoms with van der Waals surface area (Å²) in [5.74, 6) is 0.844. The molecule has 2 atom stereocenters. The van der Waals surface area contributed by atoms with Crippen molar-refractivity contribution < 1.29 is 9.59 Å². The molecule has 1 saturated heterocycles. The highest BCUT2D eigenvalue weighted by Gasteiger charge is 2.36. The average molecular weight is 264 g/mol. The van der Waals surface area contributed by atoms with Crippen LogP contribution in [0.1, 0.15) is 26.1 Å². The third-order valence-corrected chi connectivity index (χ3v) is 3.58. The summed E-state index contributed by atoms with van der Waals surface area (Å²) in [5.41, 5.74) is 0. The molecular formula is C13H20N4O2. The van der Waals surface area contributed by atoms with Gasteiger partial charge in [0.1, 0.15) is 17.9 Å². The maximum atomic E-state index is 12.2. The molecule has 1 aromatic heterocycles. The Morgan fingerprint density at radius 2 is 2.11 bits per heavy atom. The Labute approximate surface area is 112 Å². The van der Waals surface area contributed by atoms with Crippen LogP contribution in [0.2, 0.25) is 0 Å². The Morgan fingerprint density at radius 3 is 2.68 bits per heavy atom. The Balaban J connectivity index is 2.09. The fraction of sp³-hybridized carbons (Fsp3) is 0.615. The lowest BCUT2D eigenvalue weighted by Crippen LogP contribution is -2.62. The van der Waals surface area contributed by atoms with Gasteiger partial charge in [-0.2, -0.15) is 0 Å². The molecule has 2 heterocycles. The van der Waals surface area contributed by atoms with Gasteiger partial charge in [0.2, 0.25) is 11.8 Å². The first kappa shape index (κ1) is 13.6. The molecule has 1 N–H and O–H groups in total. The number of imidazole rings is 1. The normalized spacial score (nSPS) is 23.6.